The number of carbonyl (C=O) groups is 2. The third kappa shape index (κ3) is 14.4. The highest BCUT2D eigenvalue weighted by Gasteiger charge is 2.35. The first kappa shape index (κ1) is 49.2. The number of benzene rings is 2. The molecule has 4 aromatic rings. The van der Waals surface area contributed by atoms with E-state index in [1.807, 2.05) is 29.7 Å². The fraction of sp³-hybridized carbons (Fsp3) is 0.500. The molecule has 4 aliphatic rings. The molecule has 1 aliphatic carbocycles. The maximum Gasteiger partial charge on any atom is 0.573 e. The zero-order chi connectivity index (χ0) is 46.4. The van der Waals surface area contributed by atoms with Crippen molar-refractivity contribution in [2.45, 2.75) is 90.0 Å². The number of pyridine rings is 2. The van der Waals surface area contributed by atoms with Crippen LogP contribution in [0.15, 0.2) is 85.3 Å². The van der Waals surface area contributed by atoms with Gasteiger partial charge in [-0.15, -0.1) is 26.3 Å². The van der Waals surface area contributed by atoms with Gasteiger partial charge in [0, 0.05) is 56.0 Å². The Bertz CT molecular complexity index is 2110. The van der Waals surface area contributed by atoms with E-state index in [0.29, 0.717) is 62.6 Å². The Morgan fingerprint density at radius 1 is 0.662 bits per heavy atom. The number of alkyl halides is 6. The fourth-order valence-electron chi connectivity index (χ4n) is 8.58. The van der Waals surface area contributed by atoms with E-state index in [4.69, 9.17) is 14.2 Å². The van der Waals surface area contributed by atoms with Gasteiger partial charge < -0.3 is 33.5 Å². The zero-order valence-electron chi connectivity index (χ0n) is 36.6. The van der Waals surface area contributed by atoms with E-state index in [1.165, 1.54) is 62.4 Å². The molecule has 2 aromatic heterocycles. The minimum absolute atomic E-state index is 0.0175. The van der Waals surface area contributed by atoms with Gasteiger partial charge in [0.05, 0.1) is 31.0 Å². The highest BCUT2D eigenvalue weighted by Crippen LogP contribution is 2.36. The van der Waals surface area contributed by atoms with Crippen LogP contribution in [-0.2, 0) is 23.8 Å². The molecule has 1 saturated carbocycles. The quantitative estimate of drug-likeness (QED) is 0.136. The lowest BCUT2D eigenvalue weighted by Crippen LogP contribution is -2.47. The van der Waals surface area contributed by atoms with Gasteiger partial charge in [-0.25, -0.2) is 0 Å². The third-order valence-corrected chi connectivity index (χ3v) is 11.8. The number of carbonyl (C=O) groups excluding carboxylic acids is 2. The molecule has 11 nitrogen and oxygen atoms in total. The van der Waals surface area contributed by atoms with E-state index < -0.39 is 12.7 Å². The summed E-state index contributed by atoms with van der Waals surface area (Å²) in [6.07, 6.45) is 4.56. The molecule has 0 spiro atoms. The normalized spacial score (nSPS) is 20.0. The number of amides is 2. The summed E-state index contributed by atoms with van der Waals surface area (Å²) in [5.41, 5.74) is 3.69. The van der Waals surface area contributed by atoms with Crippen LogP contribution in [0.25, 0.3) is 22.4 Å². The van der Waals surface area contributed by atoms with Gasteiger partial charge >= 0.3 is 12.7 Å². The van der Waals surface area contributed by atoms with Gasteiger partial charge in [0.25, 0.3) is 0 Å². The second-order valence-electron chi connectivity index (χ2n) is 16.1. The van der Waals surface area contributed by atoms with Crippen molar-refractivity contribution in [3.63, 3.8) is 0 Å². The van der Waals surface area contributed by atoms with Gasteiger partial charge in [-0.1, -0.05) is 76.3 Å². The number of ether oxygens (including phenoxy) is 5. The van der Waals surface area contributed by atoms with Crippen molar-refractivity contribution in [2.75, 3.05) is 52.7 Å². The maximum atomic E-state index is 12.7. The maximum absolute atomic E-state index is 12.7. The van der Waals surface area contributed by atoms with Crippen LogP contribution in [0.2, 0.25) is 0 Å². The van der Waals surface area contributed by atoms with Crippen LogP contribution in [-0.4, -0.2) is 97.0 Å². The minimum Gasteiger partial charge on any atom is -0.406 e. The molecule has 2 amide bonds. The SMILES string of the molecule is CC.O=C1COCC(c2ccc(-c3ccccc3OC(F)(F)F)nc2)N1CC1CCOCC1.O=C1COCC(c2cncc(-c3ccc(OC(F)(F)F)cc3)c2)N1CCC1CCCCC1. The van der Waals surface area contributed by atoms with Crippen LogP contribution in [0.1, 0.15) is 88.4 Å². The number of rotatable bonds is 11. The van der Waals surface area contributed by atoms with Crippen LogP contribution < -0.4 is 9.47 Å². The van der Waals surface area contributed by atoms with Crippen LogP contribution in [0.5, 0.6) is 11.5 Å². The Morgan fingerprint density at radius 2 is 1.31 bits per heavy atom. The Hall–Kier alpha value is -5.26. The number of para-hydroxylation sites is 1. The summed E-state index contributed by atoms with van der Waals surface area (Å²) in [6, 6.07) is 16.4. The Kier molecular flexibility index (Phi) is 17.6. The summed E-state index contributed by atoms with van der Waals surface area (Å²) in [6.45, 7) is 7.62. The van der Waals surface area contributed by atoms with Crippen molar-refractivity contribution < 1.29 is 59.6 Å². The summed E-state index contributed by atoms with van der Waals surface area (Å²) in [7, 11) is 0. The second kappa shape index (κ2) is 23.3. The summed E-state index contributed by atoms with van der Waals surface area (Å²) in [5.74, 6) is 0.365. The average molecular weight is 915 g/mol. The Morgan fingerprint density at radius 3 is 1.95 bits per heavy atom. The minimum atomic E-state index is -4.79. The molecule has 3 saturated heterocycles. The third-order valence-electron chi connectivity index (χ3n) is 11.8. The first-order valence-corrected chi connectivity index (χ1v) is 22.2. The second-order valence-corrected chi connectivity index (χ2v) is 16.1. The van der Waals surface area contributed by atoms with Gasteiger partial charge in [-0.3, -0.25) is 19.6 Å². The molecule has 2 unspecified atom stereocenters. The van der Waals surface area contributed by atoms with E-state index >= 15 is 0 Å². The molecule has 0 radical (unpaired) electrons. The average Bonchev–Trinajstić information content (AvgIpc) is 3.30. The summed E-state index contributed by atoms with van der Waals surface area (Å²) >= 11 is 0. The van der Waals surface area contributed by atoms with E-state index in [0.717, 1.165) is 36.0 Å². The van der Waals surface area contributed by atoms with Crippen LogP contribution in [0.4, 0.5) is 26.3 Å². The van der Waals surface area contributed by atoms with Crippen molar-refractivity contribution in [1.82, 2.24) is 19.8 Å². The van der Waals surface area contributed by atoms with Crippen molar-refractivity contribution in [3.8, 4) is 33.9 Å². The first-order valence-electron chi connectivity index (χ1n) is 22.2. The first-order chi connectivity index (χ1) is 31.3. The number of nitrogens with zero attached hydrogens (tertiary/aromatic N) is 4. The molecule has 2 atom stereocenters. The molecule has 0 N–H and O–H groups in total. The van der Waals surface area contributed by atoms with Gasteiger partial charge in [0.2, 0.25) is 11.8 Å². The lowest BCUT2D eigenvalue weighted by molar-refractivity contribution is -0.275. The van der Waals surface area contributed by atoms with Crippen molar-refractivity contribution >= 4 is 11.8 Å². The fourth-order valence-corrected chi connectivity index (χ4v) is 8.58. The summed E-state index contributed by atoms with van der Waals surface area (Å²) in [5, 5.41) is 0. The van der Waals surface area contributed by atoms with E-state index in [2.05, 4.69) is 19.4 Å². The number of hydrogen-bond acceptors (Lipinski definition) is 9. The molecule has 352 valence electrons. The van der Waals surface area contributed by atoms with Crippen LogP contribution in [0, 0.1) is 11.8 Å². The molecule has 17 heteroatoms. The van der Waals surface area contributed by atoms with Gasteiger partial charge in [-0.05, 0) is 84.2 Å². The van der Waals surface area contributed by atoms with E-state index in [1.54, 1.807) is 48.9 Å². The Labute approximate surface area is 375 Å². The molecule has 5 heterocycles. The van der Waals surface area contributed by atoms with Crippen LogP contribution in [0.3, 0.4) is 0 Å². The standard InChI is InChI=1S/C24H27F3N2O3.C22H23F3N2O4.C2H6/c25-24(26,27)32-21-8-6-18(7-9-21)19-12-20(14-28-13-19)22-15-31-16-23(30)29(22)11-10-17-4-2-1-3-5-17;23-22(24,25)31-20-4-2-1-3-17(20)18-6-5-16(11-26-18)19-13-30-14-21(28)27(19)12-15-7-9-29-10-8-15;1-2/h6-9,12-14,17,22H,1-5,10-11,15-16H2;1-6,11,15,19H,7-10,12-14H2;1-2H3. The summed E-state index contributed by atoms with van der Waals surface area (Å²) < 4.78 is 99.8. The van der Waals surface area contributed by atoms with Gasteiger partial charge in [-0.2, -0.15) is 0 Å². The highest BCUT2D eigenvalue weighted by atomic mass is 19.4. The monoisotopic (exact) mass is 914 g/mol. The molecule has 8 rings (SSSR count). The molecule has 3 aliphatic heterocycles. The summed E-state index contributed by atoms with van der Waals surface area (Å²) in [4.78, 5) is 37.6. The van der Waals surface area contributed by atoms with Gasteiger partial charge in [0.15, 0.2) is 0 Å². The lowest BCUT2D eigenvalue weighted by Gasteiger charge is -2.38. The molecule has 65 heavy (non-hydrogen) atoms. The van der Waals surface area contributed by atoms with E-state index in [9.17, 15) is 35.9 Å². The molecular formula is C48H56F6N4O7. The van der Waals surface area contributed by atoms with Crippen molar-refractivity contribution in [3.05, 3.63) is 96.4 Å². The van der Waals surface area contributed by atoms with Crippen LogP contribution >= 0.6 is 0 Å². The number of hydrogen-bond donors (Lipinski definition) is 0. The molecule has 4 fully saturated rings. The smallest absolute Gasteiger partial charge is 0.406 e. The predicted molar refractivity (Wildman–Crippen MR) is 229 cm³/mol. The highest BCUT2D eigenvalue weighted by molar-refractivity contribution is 5.79. The topological polar surface area (TPSA) is 113 Å². The zero-order valence-corrected chi connectivity index (χ0v) is 36.6. The lowest BCUT2D eigenvalue weighted by atomic mass is 9.86. The van der Waals surface area contributed by atoms with Crippen molar-refractivity contribution in [1.29, 1.82) is 0 Å². The Balaban J connectivity index is 0.000000208. The predicted octanol–water partition coefficient (Wildman–Crippen LogP) is 10.5. The number of aromatic nitrogens is 2. The molecule has 2 aromatic carbocycles. The molecule has 0 bridgehead atoms. The molecular weight excluding hydrogens is 859 g/mol. The van der Waals surface area contributed by atoms with Gasteiger partial charge in [0.1, 0.15) is 24.7 Å². The van der Waals surface area contributed by atoms with E-state index in [-0.39, 0.29) is 54.2 Å². The van der Waals surface area contributed by atoms with Crippen molar-refractivity contribution in [2.24, 2.45) is 11.8 Å². The number of morpholine rings is 2. The number of halogens is 6. The largest absolute Gasteiger partial charge is 0.573 e.